The zero-order valence-electron chi connectivity index (χ0n) is 11.7. The summed E-state index contributed by atoms with van der Waals surface area (Å²) >= 11 is 0. The molecule has 5 heteroatoms. The Labute approximate surface area is 112 Å². The van der Waals surface area contributed by atoms with Gasteiger partial charge in [0, 0.05) is 41.9 Å². The summed E-state index contributed by atoms with van der Waals surface area (Å²) in [5.41, 5.74) is -1.08. The molecule has 2 rings (SSSR count). The Kier molecular flexibility index (Phi) is 3.69. The van der Waals surface area contributed by atoms with Crippen LogP contribution in [0.3, 0.4) is 0 Å². The fraction of sp³-hybridized carbons (Fsp3) is 0.923. The van der Waals surface area contributed by atoms with Crippen molar-refractivity contribution in [1.29, 1.82) is 0 Å². The standard InChI is InChI=1S/C13H23NO3S/c1-12(2)10(11(15)13(3,4)17-12)9-14-5-7-18(16)8-6-14/h10H,5-9H2,1-4H3. The zero-order chi connectivity index (χ0) is 13.6. The summed E-state index contributed by atoms with van der Waals surface area (Å²) in [7, 11) is -0.665. The van der Waals surface area contributed by atoms with Gasteiger partial charge in [-0.15, -0.1) is 0 Å². The van der Waals surface area contributed by atoms with Crippen LogP contribution in [-0.2, 0) is 20.3 Å². The molecule has 1 atom stereocenters. The first-order valence-electron chi connectivity index (χ1n) is 6.54. The molecule has 0 aromatic heterocycles. The molecule has 0 N–H and O–H groups in total. The summed E-state index contributed by atoms with van der Waals surface area (Å²) in [4.78, 5) is 14.6. The molecule has 0 saturated carbocycles. The molecule has 0 amide bonds. The third-order valence-electron chi connectivity index (χ3n) is 3.98. The second-order valence-electron chi connectivity index (χ2n) is 6.28. The lowest BCUT2D eigenvalue weighted by Crippen LogP contribution is -2.46. The number of nitrogens with zero attached hydrogens (tertiary/aromatic N) is 1. The summed E-state index contributed by atoms with van der Waals surface area (Å²) in [6.45, 7) is 10.1. The van der Waals surface area contributed by atoms with E-state index in [4.69, 9.17) is 4.74 Å². The molecule has 0 radical (unpaired) electrons. The molecule has 0 aliphatic carbocycles. The van der Waals surface area contributed by atoms with Crippen molar-refractivity contribution in [2.24, 2.45) is 5.92 Å². The molecule has 104 valence electrons. The Hall–Kier alpha value is -0.260. The van der Waals surface area contributed by atoms with E-state index in [2.05, 4.69) is 4.90 Å². The molecule has 0 aromatic carbocycles. The van der Waals surface area contributed by atoms with Crippen LogP contribution in [-0.4, -0.2) is 57.2 Å². The zero-order valence-corrected chi connectivity index (χ0v) is 12.5. The van der Waals surface area contributed by atoms with E-state index in [9.17, 15) is 9.00 Å². The monoisotopic (exact) mass is 273 g/mol. The van der Waals surface area contributed by atoms with Gasteiger partial charge in [-0.3, -0.25) is 9.00 Å². The highest BCUT2D eigenvalue weighted by atomic mass is 32.2. The van der Waals surface area contributed by atoms with Crippen molar-refractivity contribution < 1.29 is 13.7 Å². The number of hydrogen-bond acceptors (Lipinski definition) is 4. The molecule has 0 bridgehead atoms. The van der Waals surface area contributed by atoms with E-state index in [0.717, 1.165) is 31.1 Å². The highest BCUT2D eigenvalue weighted by Crippen LogP contribution is 2.39. The first-order chi connectivity index (χ1) is 8.22. The summed E-state index contributed by atoms with van der Waals surface area (Å²) < 4.78 is 17.2. The number of ether oxygens (including phenoxy) is 1. The third kappa shape index (κ3) is 2.68. The molecular weight excluding hydrogens is 250 g/mol. The molecule has 2 aliphatic rings. The van der Waals surface area contributed by atoms with E-state index in [-0.39, 0.29) is 11.7 Å². The van der Waals surface area contributed by atoms with Gasteiger partial charge in [-0.1, -0.05) is 0 Å². The lowest BCUT2D eigenvalue weighted by atomic mass is 9.85. The van der Waals surface area contributed by atoms with Crippen molar-refractivity contribution in [2.45, 2.75) is 38.9 Å². The number of rotatable bonds is 2. The smallest absolute Gasteiger partial charge is 0.171 e. The minimum Gasteiger partial charge on any atom is -0.361 e. The average molecular weight is 273 g/mol. The Morgan fingerprint density at radius 1 is 1.28 bits per heavy atom. The lowest BCUT2D eigenvalue weighted by Gasteiger charge is -2.32. The fourth-order valence-electron chi connectivity index (χ4n) is 2.93. The molecule has 2 fully saturated rings. The third-order valence-corrected chi connectivity index (χ3v) is 5.25. The molecule has 18 heavy (non-hydrogen) atoms. The lowest BCUT2D eigenvalue weighted by molar-refractivity contribution is -0.132. The van der Waals surface area contributed by atoms with Gasteiger partial charge in [0.15, 0.2) is 5.78 Å². The van der Waals surface area contributed by atoms with Crippen molar-refractivity contribution in [3.8, 4) is 0 Å². The minimum atomic E-state index is -0.674. The van der Waals surface area contributed by atoms with Crippen LogP contribution in [0, 0.1) is 5.92 Å². The Balaban J connectivity index is 2.04. The van der Waals surface area contributed by atoms with Crippen molar-refractivity contribution in [3.05, 3.63) is 0 Å². The highest BCUT2D eigenvalue weighted by Gasteiger charge is 2.53. The van der Waals surface area contributed by atoms with Crippen LogP contribution in [0.15, 0.2) is 0 Å². The molecule has 4 nitrogen and oxygen atoms in total. The van der Waals surface area contributed by atoms with Crippen LogP contribution in [0.25, 0.3) is 0 Å². The van der Waals surface area contributed by atoms with Crippen LogP contribution in [0.2, 0.25) is 0 Å². The van der Waals surface area contributed by atoms with Crippen LogP contribution in [0.1, 0.15) is 27.7 Å². The van der Waals surface area contributed by atoms with Crippen molar-refractivity contribution >= 4 is 16.6 Å². The number of hydrogen-bond donors (Lipinski definition) is 0. The van der Waals surface area contributed by atoms with E-state index < -0.39 is 22.0 Å². The van der Waals surface area contributed by atoms with Crippen molar-refractivity contribution in [2.75, 3.05) is 31.1 Å². The van der Waals surface area contributed by atoms with Crippen LogP contribution < -0.4 is 0 Å². The first-order valence-corrected chi connectivity index (χ1v) is 8.03. The maximum atomic E-state index is 12.4. The van der Waals surface area contributed by atoms with Gasteiger partial charge in [0.05, 0.1) is 11.5 Å². The predicted octanol–water partition coefficient (Wildman–Crippen LogP) is 0.823. The summed E-state index contributed by atoms with van der Waals surface area (Å²) in [5.74, 6) is 1.57. The van der Waals surface area contributed by atoms with E-state index in [0.29, 0.717) is 0 Å². The van der Waals surface area contributed by atoms with Gasteiger partial charge in [0.25, 0.3) is 0 Å². The summed E-state index contributed by atoms with van der Waals surface area (Å²) in [6.07, 6.45) is 0. The molecule has 2 aliphatic heterocycles. The van der Waals surface area contributed by atoms with Crippen LogP contribution in [0.4, 0.5) is 0 Å². The van der Waals surface area contributed by atoms with Gasteiger partial charge < -0.3 is 9.64 Å². The number of carbonyl (C=O) groups is 1. The Morgan fingerprint density at radius 2 is 1.83 bits per heavy atom. The van der Waals surface area contributed by atoms with Crippen molar-refractivity contribution in [3.63, 3.8) is 0 Å². The van der Waals surface area contributed by atoms with Gasteiger partial charge >= 0.3 is 0 Å². The summed E-state index contributed by atoms with van der Waals surface area (Å²) in [6, 6.07) is 0. The maximum absolute atomic E-state index is 12.4. The maximum Gasteiger partial charge on any atom is 0.171 e. The van der Waals surface area contributed by atoms with Gasteiger partial charge in [-0.05, 0) is 27.7 Å². The largest absolute Gasteiger partial charge is 0.361 e. The minimum absolute atomic E-state index is 0.0842. The van der Waals surface area contributed by atoms with Gasteiger partial charge in [-0.25, -0.2) is 0 Å². The number of ketones is 1. The highest BCUT2D eigenvalue weighted by molar-refractivity contribution is 7.85. The normalized spacial score (nSPS) is 32.9. The van der Waals surface area contributed by atoms with Gasteiger partial charge in [-0.2, -0.15) is 0 Å². The molecule has 2 saturated heterocycles. The van der Waals surface area contributed by atoms with Crippen LogP contribution in [0.5, 0.6) is 0 Å². The van der Waals surface area contributed by atoms with Gasteiger partial charge in [0.1, 0.15) is 5.60 Å². The first kappa shape index (κ1) is 14.2. The number of Topliss-reactive ketones (excluding diaryl/α,β-unsaturated/α-hetero) is 1. The van der Waals surface area contributed by atoms with E-state index in [1.54, 1.807) is 0 Å². The van der Waals surface area contributed by atoms with E-state index in [1.165, 1.54) is 0 Å². The van der Waals surface area contributed by atoms with E-state index >= 15 is 0 Å². The van der Waals surface area contributed by atoms with Crippen molar-refractivity contribution in [1.82, 2.24) is 4.90 Å². The SMILES string of the molecule is CC1(C)OC(C)(C)C(CN2CCS(=O)CC2)C1=O. The van der Waals surface area contributed by atoms with E-state index in [1.807, 2.05) is 27.7 Å². The Morgan fingerprint density at radius 3 is 2.28 bits per heavy atom. The molecule has 2 heterocycles. The van der Waals surface area contributed by atoms with Crippen LogP contribution >= 0.6 is 0 Å². The molecule has 0 aromatic rings. The molecule has 0 spiro atoms. The summed E-state index contributed by atoms with van der Waals surface area (Å²) in [5, 5.41) is 0. The second kappa shape index (κ2) is 4.69. The quantitative estimate of drug-likeness (QED) is 0.747. The van der Waals surface area contributed by atoms with Gasteiger partial charge in [0.2, 0.25) is 0 Å². The molecular formula is C13H23NO3S. The fourth-order valence-corrected chi connectivity index (χ4v) is 4.06. The average Bonchev–Trinajstić information content (AvgIpc) is 2.39. The number of carbonyl (C=O) groups excluding carboxylic acids is 1. The Bertz CT molecular complexity index is 368. The second-order valence-corrected chi connectivity index (χ2v) is 7.98. The molecule has 1 unspecified atom stereocenters. The topological polar surface area (TPSA) is 46.6 Å². The predicted molar refractivity (Wildman–Crippen MR) is 72.1 cm³/mol.